The van der Waals surface area contributed by atoms with Crippen LogP contribution >= 0.6 is 0 Å². The largest absolute Gasteiger partial charge is 0.489 e. The highest BCUT2D eigenvalue weighted by molar-refractivity contribution is 6.04. The van der Waals surface area contributed by atoms with Crippen molar-refractivity contribution in [3.8, 4) is 5.75 Å². The molecule has 6 heteroatoms. The molecule has 2 atom stereocenters. The molecule has 184 valence electrons. The van der Waals surface area contributed by atoms with E-state index >= 15 is 0 Å². The molecule has 0 aliphatic heterocycles. The number of carboxylic acid groups (broad SMARTS) is 1. The Bertz CT molecular complexity index is 1340. The summed E-state index contributed by atoms with van der Waals surface area (Å²) in [5.74, 6) is -1.70. The second-order valence-corrected chi connectivity index (χ2v) is 8.81. The summed E-state index contributed by atoms with van der Waals surface area (Å²) in [5.41, 5.74) is 2.08. The maximum atomic E-state index is 13.3. The number of carbonyl (C=O) groups is 2. The second kappa shape index (κ2) is 11.5. The third kappa shape index (κ3) is 6.27. The lowest BCUT2D eigenvalue weighted by molar-refractivity contribution is -0.139. The highest BCUT2D eigenvalue weighted by atomic mass is 19.1. The van der Waals surface area contributed by atoms with Gasteiger partial charge in [-0.05, 0) is 54.5 Å². The summed E-state index contributed by atoms with van der Waals surface area (Å²) in [6.45, 7) is 1.96. The van der Waals surface area contributed by atoms with E-state index in [2.05, 4.69) is 17.4 Å². The molecule has 0 bridgehead atoms. The quantitative estimate of drug-likeness (QED) is 0.298. The van der Waals surface area contributed by atoms with Crippen molar-refractivity contribution in [2.45, 2.75) is 38.3 Å². The van der Waals surface area contributed by atoms with Gasteiger partial charge in [-0.15, -0.1) is 0 Å². The van der Waals surface area contributed by atoms with Crippen LogP contribution in [0.15, 0.2) is 91.0 Å². The Labute approximate surface area is 209 Å². The van der Waals surface area contributed by atoms with Crippen molar-refractivity contribution in [2.24, 2.45) is 0 Å². The van der Waals surface area contributed by atoms with Crippen molar-refractivity contribution in [1.82, 2.24) is 5.32 Å². The van der Waals surface area contributed by atoms with Crippen molar-refractivity contribution < 1.29 is 23.8 Å². The minimum atomic E-state index is -1.18. The number of carboxylic acids is 1. The fourth-order valence-corrected chi connectivity index (χ4v) is 4.12. The van der Waals surface area contributed by atoms with Crippen LogP contribution in [0, 0.1) is 5.82 Å². The van der Waals surface area contributed by atoms with Crippen LogP contribution in [0.3, 0.4) is 0 Å². The van der Waals surface area contributed by atoms with E-state index in [-0.39, 0.29) is 18.1 Å². The van der Waals surface area contributed by atoms with Gasteiger partial charge < -0.3 is 15.2 Å². The SMILES string of the molecule is CC(CCc1ccccc1)Oc1c(C(=O)NC(Cc2ccc(F)cc2)C(=O)O)ccc2ccccc12. The number of hydrogen-bond donors (Lipinski definition) is 2. The summed E-state index contributed by atoms with van der Waals surface area (Å²) in [4.78, 5) is 25.2. The van der Waals surface area contributed by atoms with E-state index in [1.807, 2.05) is 55.5 Å². The molecule has 1 amide bonds. The molecule has 0 radical (unpaired) electrons. The lowest BCUT2D eigenvalue weighted by atomic mass is 10.0. The number of rotatable bonds is 10. The standard InChI is InChI=1S/C30H28FNO4/c1-20(11-12-21-7-3-2-4-8-21)36-28-25-10-6-5-9-23(25)15-18-26(28)29(33)32-27(30(34)35)19-22-13-16-24(31)17-14-22/h2-10,13-18,20,27H,11-12,19H2,1H3,(H,32,33)(H,34,35). The van der Waals surface area contributed by atoms with Crippen LogP contribution in [0.4, 0.5) is 4.39 Å². The van der Waals surface area contributed by atoms with Gasteiger partial charge in [0.1, 0.15) is 17.6 Å². The fraction of sp³-hybridized carbons (Fsp3) is 0.200. The maximum absolute atomic E-state index is 13.3. The first-order valence-corrected chi connectivity index (χ1v) is 11.9. The highest BCUT2D eigenvalue weighted by Crippen LogP contribution is 2.31. The molecule has 0 saturated carbocycles. The Morgan fingerprint density at radius 1 is 0.889 bits per heavy atom. The smallest absolute Gasteiger partial charge is 0.326 e. The molecule has 0 fully saturated rings. The number of carbonyl (C=O) groups excluding carboxylic acids is 1. The summed E-state index contributed by atoms with van der Waals surface area (Å²) in [5, 5.41) is 14.0. The molecule has 36 heavy (non-hydrogen) atoms. The lowest BCUT2D eigenvalue weighted by Gasteiger charge is -2.21. The minimum absolute atomic E-state index is 0.0264. The number of halogens is 1. The molecule has 2 N–H and O–H groups in total. The van der Waals surface area contributed by atoms with E-state index in [9.17, 15) is 19.1 Å². The predicted octanol–water partition coefficient (Wildman–Crippen LogP) is 5.80. The van der Waals surface area contributed by atoms with Gasteiger partial charge in [-0.1, -0.05) is 72.8 Å². The zero-order chi connectivity index (χ0) is 25.5. The molecule has 5 nitrogen and oxygen atoms in total. The first-order chi connectivity index (χ1) is 17.4. The van der Waals surface area contributed by atoms with Crippen LogP contribution < -0.4 is 10.1 Å². The average Bonchev–Trinajstić information content (AvgIpc) is 2.89. The zero-order valence-corrected chi connectivity index (χ0v) is 20.0. The van der Waals surface area contributed by atoms with E-state index in [0.29, 0.717) is 11.3 Å². The van der Waals surface area contributed by atoms with Crippen molar-refractivity contribution in [2.75, 3.05) is 0 Å². The van der Waals surface area contributed by atoms with Gasteiger partial charge in [0.25, 0.3) is 5.91 Å². The first kappa shape index (κ1) is 24.9. The topological polar surface area (TPSA) is 75.6 Å². The number of ether oxygens (including phenoxy) is 1. The van der Waals surface area contributed by atoms with Crippen molar-refractivity contribution in [3.05, 3.63) is 114 Å². The van der Waals surface area contributed by atoms with Crippen LogP contribution in [-0.2, 0) is 17.6 Å². The Kier molecular flexibility index (Phi) is 7.95. The summed E-state index contributed by atoms with van der Waals surface area (Å²) in [6, 6.07) is 25.6. The highest BCUT2D eigenvalue weighted by Gasteiger charge is 2.24. The average molecular weight is 486 g/mol. The van der Waals surface area contributed by atoms with Crippen molar-refractivity contribution in [1.29, 1.82) is 0 Å². The monoisotopic (exact) mass is 485 g/mol. The molecule has 0 spiro atoms. The molecule has 0 aliphatic carbocycles. The van der Waals surface area contributed by atoms with Crippen LogP contribution in [0.25, 0.3) is 10.8 Å². The van der Waals surface area contributed by atoms with E-state index in [1.165, 1.54) is 29.8 Å². The molecule has 4 aromatic rings. The third-order valence-electron chi connectivity index (χ3n) is 6.08. The van der Waals surface area contributed by atoms with E-state index in [1.54, 1.807) is 6.07 Å². The molecule has 0 heterocycles. The molecule has 0 saturated heterocycles. The lowest BCUT2D eigenvalue weighted by Crippen LogP contribution is -2.42. The Morgan fingerprint density at radius 2 is 1.58 bits per heavy atom. The summed E-state index contributed by atoms with van der Waals surface area (Å²) in [7, 11) is 0. The van der Waals surface area contributed by atoms with Crippen LogP contribution in [0.5, 0.6) is 5.75 Å². The number of fused-ring (bicyclic) bond motifs is 1. The van der Waals surface area contributed by atoms with Gasteiger partial charge in [0.2, 0.25) is 0 Å². The van der Waals surface area contributed by atoms with E-state index < -0.39 is 23.7 Å². The van der Waals surface area contributed by atoms with E-state index in [0.717, 1.165) is 23.6 Å². The van der Waals surface area contributed by atoms with Crippen LogP contribution in [-0.4, -0.2) is 29.1 Å². The Balaban J connectivity index is 1.56. The molecule has 0 aliphatic rings. The molecule has 0 aromatic heterocycles. The van der Waals surface area contributed by atoms with E-state index in [4.69, 9.17) is 4.74 Å². The normalized spacial score (nSPS) is 12.6. The zero-order valence-electron chi connectivity index (χ0n) is 20.0. The maximum Gasteiger partial charge on any atom is 0.326 e. The number of benzene rings is 4. The summed E-state index contributed by atoms with van der Waals surface area (Å²) in [6.07, 6.45) is 1.42. The second-order valence-electron chi connectivity index (χ2n) is 8.81. The van der Waals surface area contributed by atoms with Gasteiger partial charge in [-0.25, -0.2) is 9.18 Å². The summed E-state index contributed by atoms with van der Waals surface area (Å²) >= 11 is 0. The summed E-state index contributed by atoms with van der Waals surface area (Å²) < 4.78 is 19.6. The Morgan fingerprint density at radius 3 is 2.31 bits per heavy atom. The van der Waals surface area contributed by atoms with Gasteiger partial charge in [-0.2, -0.15) is 0 Å². The molecule has 4 rings (SSSR count). The van der Waals surface area contributed by atoms with Crippen LogP contribution in [0.2, 0.25) is 0 Å². The Hall–Kier alpha value is -4.19. The van der Waals surface area contributed by atoms with Crippen molar-refractivity contribution in [3.63, 3.8) is 0 Å². The number of amides is 1. The van der Waals surface area contributed by atoms with Gasteiger partial charge in [-0.3, -0.25) is 4.79 Å². The number of nitrogens with one attached hydrogen (secondary N) is 1. The fourth-order valence-electron chi connectivity index (χ4n) is 4.12. The third-order valence-corrected chi connectivity index (χ3v) is 6.08. The molecule has 2 unspecified atom stereocenters. The van der Waals surface area contributed by atoms with Crippen molar-refractivity contribution >= 4 is 22.6 Å². The van der Waals surface area contributed by atoms with Gasteiger partial charge in [0.15, 0.2) is 0 Å². The van der Waals surface area contributed by atoms with Gasteiger partial charge in [0, 0.05) is 11.8 Å². The number of hydrogen-bond acceptors (Lipinski definition) is 3. The first-order valence-electron chi connectivity index (χ1n) is 11.9. The predicted molar refractivity (Wildman–Crippen MR) is 138 cm³/mol. The number of aliphatic carboxylic acids is 1. The molecule has 4 aromatic carbocycles. The molecular weight excluding hydrogens is 457 g/mol. The molecular formula is C30H28FNO4. The van der Waals surface area contributed by atoms with Gasteiger partial charge in [0.05, 0.1) is 11.7 Å². The van der Waals surface area contributed by atoms with Gasteiger partial charge >= 0.3 is 5.97 Å². The number of aryl methyl sites for hydroxylation is 1. The minimum Gasteiger partial charge on any atom is -0.489 e. The van der Waals surface area contributed by atoms with Crippen LogP contribution in [0.1, 0.15) is 34.8 Å².